The van der Waals surface area contributed by atoms with Gasteiger partial charge in [0.05, 0.1) is 29.4 Å². The van der Waals surface area contributed by atoms with Crippen LogP contribution < -0.4 is 0 Å². The van der Waals surface area contributed by atoms with E-state index in [0.717, 1.165) is 13.1 Å². The van der Waals surface area contributed by atoms with Gasteiger partial charge in [0.15, 0.2) is 0 Å². The number of carbonyl (C=O) groups excluding carboxylic acids is 2. The number of hydrogen-bond acceptors (Lipinski definition) is 4. The number of piperazine rings is 1. The molecule has 1 saturated heterocycles. The van der Waals surface area contributed by atoms with Crippen LogP contribution in [0.5, 0.6) is 0 Å². The van der Waals surface area contributed by atoms with Gasteiger partial charge in [0.1, 0.15) is 5.76 Å². The summed E-state index contributed by atoms with van der Waals surface area (Å²) in [7, 11) is 0. The maximum Gasteiger partial charge on any atom is 0.255 e. The smallest absolute Gasteiger partial charge is 0.255 e. The van der Waals surface area contributed by atoms with Crippen LogP contribution >= 0.6 is 11.6 Å². The van der Waals surface area contributed by atoms with Gasteiger partial charge in [-0.1, -0.05) is 84.4 Å². The van der Waals surface area contributed by atoms with E-state index in [1.807, 2.05) is 23.1 Å². The van der Waals surface area contributed by atoms with Gasteiger partial charge in [-0.2, -0.15) is 0 Å². The van der Waals surface area contributed by atoms with Crippen molar-refractivity contribution in [2.45, 2.75) is 19.0 Å². The summed E-state index contributed by atoms with van der Waals surface area (Å²) in [4.78, 5) is 32.6. The van der Waals surface area contributed by atoms with Crippen molar-refractivity contribution in [1.29, 1.82) is 0 Å². The average molecular weight is 542 g/mol. The molecule has 7 heteroatoms. The van der Waals surface area contributed by atoms with Gasteiger partial charge in [-0.05, 0) is 35.4 Å². The Hall–Kier alpha value is -3.87. The number of nitrogens with zero attached hydrogens (tertiary/aromatic N) is 3. The quantitative estimate of drug-likeness (QED) is 0.265. The van der Waals surface area contributed by atoms with Gasteiger partial charge in [0, 0.05) is 39.1 Å². The van der Waals surface area contributed by atoms with E-state index in [2.05, 4.69) is 53.4 Å². The second-order valence-electron chi connectivity index (χ2n) is 9.68. The zero-order valence-corrected chi connectivity index (χ0v) is 22.5. The van der Waals surface area contributed by atoms with E-state index in [9.17, 15) is 9.59 Å². The fraction of sp³-hybridized carbons (Fsp3) is 0.250. The topological polar surface area (TPSA) is 57.0 Å². The number of carbonyl (C=O) groups is 2. The van der Waals surface area contributed by atoms with Gasteiger partial charge < -0.3 is 14.2 Å². The molecule has 4 aromatic rings. The molecule has 1 fully saturated rings. The molecule has 200 valence electrons. The molecule has 0 atom stereocenters. The molecule has 2 heterocycles. The van der Waals surface area contributed by atoms with Crippen LogP contribution in [0.1, 0.15) is 39.7 Å². The van der Waals surface area contributed by atoms with Crippen LogP contribution in [-0.4, -0.2) is 59.2 Å². The number of furan rings is 1. The third kappa shape index (κ3) is 6.59. The third-order valence-corrected chi connectivity index (χ3v) is 7.51. The molecule has 0 aliphatic carbocycles. The van der Waals surface area contributed by atoms with E-state index in [4.69, 9.17) is 16.0 Å². The van der Waals surface area contributed by atoms with Crippen LogP contribution in [0.15, 0.2) is 108 Å². The zero-order valence-electron chi connectivity index (χ0n) is 21.8. The molecule has 39 heavy (non-hydrogen) atoms. The van der Waals surface area contributed by atoms with Crippen LogP contribution in [0.4, 0.5) is 0 Å². The molecule has 1 aromatic heterocycles. The second-order valence-corrected chi connectivity index (χ2v) is 10.1. The second kappa shape index (κ2) is 12.8. The molecule has 3 aromatic carbocycles. The molecule has 0 radical (unpaired) electrons. The molecule has 1 aliphatic heterocycles. The predicted octanol–water partition coefficient (Wildman–Crippen LogP) is 5.90. The van der Waals surface area contributed by atoms with E-state index < -0.39 is 0 Å². The maximum atomic E-state index is 13.3. The van der Waals surface area contributed by atoms with Gasteiger partial charge in [0.25, 0.3) is 5.91 Å². The van der Waals surface area contributed by atoms with Crippen LogP contribution in [0.2, 0.25) is 5.02 Å². The van der Waals surface area contributed by atoms with Gasteiger partial charge in [-0.15, -0.1) is 0 Å². The largest absolute Gasteiger partial charge is 0.467 e. The molecule has 0 saturated carbocycles. The summed E-state index contributed by atoms with van der Waals surface area (Å²) in [5.74, 6) is 0.481. The van der Waals surface area contributed by atoms with E-state index in [-0.39, 0.29) is 37.4 Å². The lowest BCUT2D eigenvalue weighted by Gasteiger charge is -2.40. The highest BCUT2D eigenvalue weighted by atomic mass is 35.5. The highest BCUT2D eigenvalue weighted by Crippen LogP contribution is 2.29. The van der Waals surface area contributed by atoms with Crippen LogP contribution in [0, 0.1) is 0 Å². The highest BCUT2D eigenvalue weighted by Gasteiger charge is 2.29. The van der Waals surface area contributed by atoms with E-state index in [1.165, 1.54) is 11.1 Å². The van der Waals surface area contributed by atoms with Crippen LogP contribution in [0.25, 0.3) is 0 Å². The Bertz CT molecular complexity index is 1310. The van der Waals surface area contributed by atoms with Gasteiger partial charge >= 0.3 is 0 Å². The van der Waals surface area contributed by atoms with Gasteiger partial charge in [-0.3, -0.25) is 14.5 Å². The minimum atomic E-state index is -0.219. The molecule has 2 amide bonds. The number of amides is 2. The highest BCUT2D eigenvalue weighted by molar-refractivity contribution is 6.33. The Balaban J connectivity index is 1.23. The zero-order chi connectivity index (χ0) is 27.0. The predicted molar refractivity (Wildman–Crippen MR) is 152 cm³/mol. The molecular formula is C32H32ClN3O3. The molecule has 0 unspecified atom stereocenters. The van der Waals surface area contributed by atoms with Crippen molar-refractivity contribution >= 4 is 23.4 Å². The first-order chi connectivity index (χ1) is 19.1. The summed E-state index contributed by atoms with van der Waals surface area (Å²) in [6, 6.07) is 31.8. The van der Waals surface area contributed by atoms with Crippen molar-refractivity contribution in [3.05, 3.63) is 131 Å². The number of hydrogen-bond donors (Lipinski definition) is 0. The van der Waals surface area contributed by atoms with Crippen LogP contribution in [-0.2, 0) is 11.3 Å². The number of rotatable bonds is 9. The number of halogens is 1. The third-order valence-electron chi connectivity index (χ3n) is 7.18. The van der Waals surface area contributed by atoms with Crippen LogP contribution in [0.3, 0.4) is 0 Å². The minimum absolute atomic E-state index is 0.0435. The van der Waals surface area contributed by atoms with E-state index >= 15 is 0 Å². The Morgan fingerprint density at radius 1 is 0.795 bits per heavy atom. The van der Waals surface area contributed by atoms with Crippen molar-refractivity contribution in [3.8, 4) is 0 Å². The van der Waals surface area contributed by atoms with E-state index in [1.54, 1.807) is 41.5 Å². The van der Waals surface area contributed by atoms with E-state index in [0.29, 0.717) is 29.4 Å². The Morgan fingerprint density at radius 2 is 1.41 bits per heavy atom. The minimum Gasteiger partial charge on any atom is -0.467 e. The summed E-state index contributed by atoms with van der Waals surface area (Å²) >= 11 is 6.31. The summed E-state index contributed by atoms with van der Waals surface area (Å²) in [5, 5.41) is 0.390. The van der Waals surface area contributed by atoms with Gasteiger partial charge in [-0.25, -0.2) is 0 Å². The van der Waals surface area contributed by atoms with Crippen molar-refractivity contribution in [2.75, 3.05) is 32.7 Å². The standard InChI is InChI=1S/C32H32ClN3O3/c33-29-16-8-7-15-28(29)32(38)36(24-27-14-9-23-39-27)18-17-30(37)34-19-21-35(22-20-34)31(25-10-3-1-4-11-25)26-12-5-2-6-13-26/h1-16,23,31H,17-22,24H2. The molecule has 6 nitrogen and oxygen atoms in total. The Morgan fingerprint density at radius 3 is 2.00 bits per heavy atom. The van der Waals surface area contributed by atoms with Crippen molar-refractivity contribution in [2.24, 2.45) is 0 Å². The van der Waals surface area contributed by atoms with Gasteiger partial charge in [0.2, 0.25) is 5.91 Å². The summed E-state index contributed by atoms with van der Waals surface area (Å²) < 4.78 is 5.48. The fourth-order valence-corrected chi connectivity index (χ4v) is 5.37. The molecule has 1 aliphatic rings. The first-order valence-electron chi connectivity index (χ1n) is 13.3. The number of benzene rings is 3. The monoisotopic (exact) mass is 541 g/mol. The Kier molecular flexibility index (Phi) is 8.76. The lowest BCUT2D eigenvalue weighted by Crippen LogP contribution is -2.50. The fourth-order valence-electron chi connectivity index (χ4n) is 5.15. The average Bonchev–Trinajstić information content (AvgIpc) is 3.50. The SMILES string of the molecule is O=C(CCN(Cc1ccco1)C(=O)c1ccccc1Cl)N1CCN(C(c2ccccc2)c2ccccc2)CC1. The first kappa shape index (κ1) is 26.7. The molecule has 5 rings (SSSR count). The lowest BCUT2D eigenvalue weighted by molar-refractivity contribution is -0.133. The molecule has 0 spiro atoms. The Labute approximate surface area is 234 Å². The maximum absolute atomic E-state index is 13.3. The molecular weight excluding hydrogens is 510 g/mol. The summed E-state index contributed by atoms with van der Waals surface area (Å²) in [6.07, 6.45) is 1.81. The first-order valence-corrected chi connectivity index (χ1v) is 13.7. The lowest BCUT2D eigenvalue weighted by atomic mass is 9.96. The van der Waals surface area contributed by atoms with Crippen molar-refractivity contribution < 1.29 is 14.0 Å². The molecule has 0 N–H and O–H groups in total. The normalized spacial score (nSPS) is 13.9. The van der Waals surface area contributed by atoms with Crippen molar-refractivity contribution in [1.82, 2.24) is 14.7 Å². The summed E-state index contributed by atoms with van der Waals surface area (Å²) in [6.45, 7) is 3.38. The van der Waals surface area contributed by atoms with Crippen molar-refractivity contribution in [3.63, 3.8) is 0 Å². The molecule has 0 bridgehead atoms. The summed E-state index contributed by atoms with van der Waals surface area (Å²) in [5.41, 5.74) is 2.91.